The van der Waals surface area contributed by atoms with Crippen LogP contribution in [0.2, 0.25) is 0 Å². The second-order valence-electron chi connectivity index (χ2n) is 4.93. The number of nitrogens with one attached hydrogen (secondary N) is 1. The maximum absolute atomic E-state index is 3.73. The first-order chi connectivity index (χ1) is 6.18. The van der Waals surface area contributed by atoms with Crippen LogP contribution in [-0.4, -0.2) is 23.1 Å². The van der Waals surface area contributed by atoms with Crippen molar-refractivity contribution in [3.63, 3.8) is 0 Å². The zero-order valence-electron chi connectivity index (χ0n) is 8.92. The molecule has 1 nitrogen and oxygen atoms in total. The molecule has 2 aliphatic rings. The smallest absolute Gasteiger partial charge is 0.0111 e. The fourth-order valence-corrected chi connectivity index (χ4v) is 4.71. The van der Waals surface area contributed by atoms with Crippen LogP contribution in [0.3, 0.4) is 0 Å². The first kappa shape index (κ1) is 9.85. The van der Waals surface area contributed by atoms with E-state index in [0.29, 0.717) is 6.04 Å². The topological polar surface area (TPSA) is 12.0 Å². The number of hydrogen-bond acceptors (Lipinski definition) is 2. The fourth-order valence-electron chi connectivity index (χ4n) is 2.95. The molecular weight excluding hydrogens is 178 g/mol. The van der Waals surface area contributed by atoms with E-state index in [4.69, 9.17) is 0 Å². The van der Waals surface area contributed by atoms with Gasteiger partial charge < -0.3 is 5.32 Å². The third-order valence-electron chi connectivity index (χ3n) is 3.43. The van der Waals surface area contributed by atoms with Gasteiger partial charge in [-0.15, -0.1) is 0 Å². The molecule has 2 fully saturated rings. The minimum atomic E-state index is 0.654. The highest BCUT2D eigenvalue weighted by Crippen LogP contribution is 2.46. The zero-order chi connectivity index (χ0) is 9.42. The van der Waals surface area contributed by atoms with Crippen molar-refractivity contribution >= 4 is 11.8 Å². The van der Waals surface area contributed by atoms with Crippen LogP contribution in [0.1, 0.15) is 33.6 Å². The molecule has 1 heterocycles. The Morgan fingerprint density at radius 2 is 2.08 bits per heavy atom. The van der Waals surface area contributed by atoms with Gasteiger partial charge in [-0.05, 0) is 30.4 Å². The molecule has 76 valence electrons. The lowest BCUT2D eigenvalue weighted by Crippen LogP contribution is -2.40. The summed E-state index contributed by atoms with van der Waals surface area (Å²) in [7, 11) is 0. The molecule has 4 unspecified atom stereocenters. The third-order valence-corrected chi connectivity index (χ3v) is 5.13. The molecular formula is C11H21NS. The van der Waals surface area contributed by atoms with Gasteiger partial charge in [0.15, 0.2) is 0 Å². The Bertz CT molecular complexity index is 181. The lowest BCUT2D eigenvalue weighted by molar-refractivity contribution is 0.319. The van der Waals surface area contributed by atoms with Crippen LogP contribution in [0.4, 0.5) is 0 Å². The number of thioether (sulfide) groups is 1. The van der Waals surface area contributed by atoms with Gasteiger partial charge in [-0.25, -0.2) is 0 Å². The molecule has 1 saturated carbocycles. The predicted octanol–water partition coefficient (Wildman–Crippen LogP) is 2.51. The van der Waals surface area contributed by atoms with Gasteiger partial charge in [0.05, 0.1) is 0 Å². The minimum absolute atomic E-state index is 0.654. The van der Waals surface area contributed by atoms with E-state index < -0.39 is 0 Å². The summed E-state index contributed by atoms with van der Waals surface area (Å²) in [6.07, 6.45) is 2.86. The van der Waals surface area contributed by atoms with E-state index in [1.165, 1.54) is 18.6 Å². The van der Waals surface area contributed by atoms with E-state index in [9.17, 15) is 0 Å². The SMILES string of the molecule is CC(C)NC1CCC2SCC(C)C12. The molecule has 13 heavy (non-hydrogen) atoms. The van der Waals surface area contributed by atoms with Crippen molar-refractivity contribution in [1.82, 2.24) is 5.32 Å². The lowest BCUT2D eigenvalue weighted by atomic mass is 9.90. The van der Waals surface area contributed by atoms with Crippen molar-refractivity contribution in [2.45, 2.75) is 50.9 Å². The average Bonchev–Trinajstić information content (AvgIpc) is 2.56. The molecule has 1 aliphatic carbocycles. The largest absolute Gasteiger partial charge is 0.311 e. The van der Waals surface area contributed by atoms with Crippen LogP contribution in [-0.2, 0) is 0 Å². The summed E-state index contributed by atoms with van der Waals surface area (Å²) in [4.78, 5) is 0. The zero-order valence-corrected chi connectivity index (χ0v) is 9.73. The first-order valence-corrected chi connectivity index (χ1v) is 6.61. The van der Waals surface area contributed by atoms with Crippen molar-refractivity contribution in [1.29, 1.82) is 0 Å². The lowest BCUT2D eigenvalue weighted by Gasteiger charge is -2.25. The van der Waals surface area contributed by atoms with Crippen LogP contribution in [0, 0.1) is 11.8 Å². The maximum atomic E-state index is 3.73. The predicted molar refractivity (Wildman–Crippen MR) is 60.2 cm³/mol. The molecule has 4 atom stereocenters. The molecule has 1 aliphatic heterocycles. The summed E-state index contributed by atoms with van der Waals surface area (Å²) in [6.45, 7) is 6.96. The minimum Gasteiger partial charge on any atom is -0.311 e. The van der Waals surface area contributed by atoms with Crippen molar-refractivity contribution in [3.05, 3.63) is 0 Å². The van der Waals surface area contributed by atoms with Gasteiger partial charge in [0.25, 0.3) is 0 Å². The van der Waals surface area contributed by atoms with Crippen molar-refractivity contribution in [2.24, 2.45) is 11.8 Å². The van der Waals surface area contributed by atoms with Crippen molar-refractivity contribution in [3.8, 4) is 0 Å². The van der Waals surface area contributed by atoms with Crippen molar-refractivity contribution in [2.75, 3.05) is 5.75 Å². The Morgan fingerprint density at radius 1 is 1.31 bits per heavy atom. The van der Waals surface area contributed by atoms with Crippen LogP contribution in [0.15, 0.2) is 0 Å². The molecule has 0 amide bonds. The van der Waals surface area contributed by atoms with E-state index in [2.05, 4.69) is 37.8 Å². The van der Waals surface area contributed by atoms with Gasteiger partial charge >= 0.3 is 0 Å². The number of fused-ring (bicyclic) bond motifs is 1. The molecule has 1 saturated heterocycles. The van der Waals surface area contributed by atoms with Crippen LogP contribution >= 0.6 is 11.8 Å². The Hall–Kier alpha value is 0.310. The van der Waals surface area contributed by atoms with Gasteiger partial charge in [0.2, 0.25) is 0 Å². The fraction of sp³-hybridized carbons (Fsp3) is 1.00. The second-order valence-corrected chi connectivity index (χ2v) is 6.20. The van der Waals surface area contributed by atoms with E-state index in [1.807, 2.05) is 0 Å². The molecule has 2 heteroatoms. The summed E-state index contributed by atoms with van der Waals surface area (Å²) in [5.41, 5.74) is 0. The van der Waals surface area contributed by atoms with Crippen LogP contribution in [0.5, 0.6) is 0 Å². The highest BCUT2D eigenvalue weighted by atomic mass is 32.2. The highest BCUT2D eigenvalue weighted by Gasteiger charge is 2.43. The van der Waals surface area contributed by atoms with E-state index in [-0.39, 0.29) is 0 Å². The Kier molecular flexibility index (Phi) is 2.89. The van der Waals surface area contributed by atoms with Gasteiger partial charge in [-0.3, -0.25) is 0 Å². The Balaban J connectivity index is 1.98. The first-order valence-electron chi connectivity index (χ1n) is 5.56. The van der Waals surface area contributed by atoms with Crippen LogP contribution in [0.25, 0.3) is 0 Å². The molecule has 1 N–H and O–H groups in total. The van der Waals surface area contributed by atoms with Gasteiger partial charge in [0, 0.05) is 17.3 Å². The Labute approximate surface area is 86.0 Å². The summed E-state index contributed by atoms with van der Waals surface area (Å²) >= 11 is 2.21. The Morgan fingerprint density at radius 3 is 2.77 bits per heavy atom. The molecule has 0 radical (unpaired) electrons. The average molecular weight is 199 g/mol. The highest BCUT2D eigenvalue weighted by molar-refractivity contribution is 8.00. The molecule has 0 aromatic carbocycles. The molecule has 2 rings (SSSR count). The van der Waals surface area contributed by atoms with Gasteiger partial charge in [-0.2, -0.15) is 11.8 Å². The third kappa shape index (κ3) is 1.89. The molecule has 0 aromatic heterocycles. The summed E-state index contributed by atoms with van der Waals surface area (Å²) in [5, 5.41) is 4.71. The standard InChI is InChI=1S/C11H21NS/c1-7(2)12-9-4-5-10-11(9)8(3)6-13-10/h7-12H,4-6H2,1-3H3. The molecule has 0 bridgehead atoms. The second kappa shape index (κ2) is 3.82. The van der Waals surface area contributed by atoms with E-state index in [0.717, 1.165) is 23.1 Å². The van der Waals surface area contributed by atoms with E-state index in [1.54, 1.807) is 0 Å². The molecule has 0 spiro atoms. The number of hydrogen-bond donors (Lipinski definition) is 1. The normalized spacial score (nSPS) is 44.3. The van der Waals surface area contributed by atoms with Crippen molar-refractivity contribution < 1.29 is 0 Å². The van der Waals surface area contributed by atoms with E-state index >= 15 is 0 Å². The summed E-state index contributed by atoms with van der Waals surface area (Å²) < 4.78 is 0. The maximum Gasteiger partial charge on any atom is 0.0111 e. The quantitative estimate of drug-likeness (QED) is 0.733. The molecule has 0 aromatic rings. The summed E-state index contributed by atoms with van der Waals surface area (Å²) in [5.74, 6) is 3.30. The monoisotopic (exact) mass is 199 g/mol. The van der Waals surface area contributed by atoms with Gasteiger partial charge in [-0.1, -0.05) is 20.8 Å². The summed E-state index contributed by atoms with van der Waals surface area (Å²) in [6, 6.07) is 1.47. The number of rotatable bonds is 2. The van der Waals surface area contributed by atoms with Gasteiger partial charge in [0.1, 0.15) is 0 Å². The van der Waals surface area contributed by atoms with Crippen LogP contribution < -0.4 is 5.32 Å².